The Hall–Kier alpha value is -2.73. The summed E-state index contributed by atoms with van der Waals surface area (Å²) in [4.78, 5) is 62.1. The lowest BCUT2D eigenvalue weighted by Crippen LogP contribution is -2.44. The molecule has 39 heavy (non-hydrogen) atoms. The third kappa shape index (κ3) is 6.37. The van der Waals surface area contributed by atoms with Crippen LogP contribution in [0.2, 0.25) is 0 Å². The number of nitrogens with one attached hydrogen (secondary N) is 2. The van der Waals surface area contributed by atoms with Crippen molar-refractivity contribution in [2.24, 2.45) is 5.73 Å². The van der Waals surface area contributed by atoms with E-state index in [2.05, 4.69) is 9.97 Å². The number of phosphoric acid groups is 1. The first-order chi connectivity index (χ1) is 18.3. The second-order valence-corrected chi connectivity index (χ2v) is 10.8. The van der Waals surface area contributed by atoms with Gasteiger partial charge in [0.1, 0.15) is 30.8 Å². The van der Waals surface area contributed by atoms with Crippen LogP contribution >= 0.6 is 7.82 Å². The average Bonchev–Trinajstić information content (AvgIpc) is 3.44. The highest BCUT2D eigenvalue weighted by Gasteiger charge is 2.43. The number of H-pyrrole nitrogens is 2. The normalized spacial score (nSPS) is 29.4. The van der Waals surface area contributed by atoms with Crippen LogP contribution in [0.1, 0.15) is 36.4 Å². The molecule has 2 aromatic rings. The zero-order valence-electron chi connectivity index (χ0n) is 21.0. The van der Waals surface area contributed by atoms with Crippen LogP contribution in [0.15, 0.2) is 31.6 Å². The van der Waals surface area contributed by atoms with Crippen molar-refractivity contribution in [3.8, 4) is 0 Å². The molecule has 0 spiro atoms. The molecule has 0 amide bonds. The van der Waals surface area contributed by atoms with Gasteiger partial charge in [-0.3, -0.25) is 37.7 Å². The topological polar surface area (TPSA) is 250 Å². The van der Waals surface area contributed by atoms with E-state index in [9.17, 15) is 38.8 Å². The highest BCUT2D eigenvalue weighted by Crippen LogP contribution is 2.48. The molecule has 4 rings (SSSR count). The number of hydrogen-bond acceptors (Lipinski definition) is 12. The van der Waals surface area contributed by atoms with Gasteiger partial charge in [-0.25, -0.2) is 14.2 Å². The number of rotatable bonds is 9. The molecule has 2 aliphatic rings. The number of hydrogen-bond donors (Lipinski definition) is 6. The first kappa shape index (κ1) is 29.3. The number of aromatic nitrogens is 4. The molecule has 0 aromatic carbocycles. The Labute approximate surface area is 219 Å². The van der Waals surface area contributed by atoms with Crippen LogP contribution in [0, 0.1) is 13.8 Å². The molecule has 8 atom stereocenters. The molecule has 7 N–H and O–H groups in total. The van der Waals surface area contributed by atoms with Crippen molar-refractivity contribution in [1.82, 2.24) is 19.1 Å². The molecule has 18 heteroatoms. The molecule has 1 unspecified atom stereocenters. The quantitative estimate of drug-likeness (QED) is 0.169. The summed E-state index contributed by atoms with van der Waals surface area (Å²) in [5, 5.41) is 20.1. The zero-order valence-corrected chi connectivity index (χ0v) is 21.9. The number of phosphoric ester groups is 1. The summed E-state index contributed by atoms with van der Waals surface area (Å²) in [6.07, 6.45) is -4.08. The number of ether oxygens (including phenoxy) is 2. The number of nitrogens with zero attached hydrogens (tertiary/aromatic N) is 2. The summed E-state index contributed by atoms with van der Waals surface area (Å²) in [6.45, 7) is 1.77. The van der Waals surface area contributed by atoms with Gasteiger partial charge in [0, 0.05) is 36.4 Å². The average molecular weight is 575 g/mol. The predicted molar refractivity (Wildman–Crippen MR) is 131 cm³/mol. The van der Waals surface area contributed by atoms with Gasteiger partial charge < -0.3 is 30.3 Å². The van der Waals surface area contributed by atoms with E-state index in [1.807, 2.05) is 0 Å². The van der Waals surface area contributed by atoms with Crippen molar-refractivity contribution in [3.05, 3.63) is 65.2 Å². The number of aryl methyl sites for hydroxylation is 2. The van der Waals surface area contributed by atoms with Crippen molar-refractivity contribution < 1.29 is 38.2 Å². The summed E-state index contributed by atoms with van der Waals surface area (Å²) < 4.78 is 36.3. The van der Waals surface area contributed by atoms with Gasteiger partial charge in [-0.1, -0.05) is 0 Å². The summed E-state index contributed by atoms with van der Waals surface area (Å²) >= 11 is 0. The van der Waals surface area contributed by atoms with Crippen LogP contribution in [-0.2, 0) is 23.1 Å². The van der Waals surface area contributed by atoms with Crippen LogP contribution in [0.25, 0.3) is 0 Å². The highest BCUT2D eigenvalue weighted by atomic mass is 31.2. The molecule has 0 aliphatic carbocycles. The third-order valence-corrected chi connectivity index (χ3v) is 7.54. The maximum absolute atomic E-state index is 12.7. The molecule has 216 valence electrons. The van der Waals surface area contributed by atoms with E-state index < -0.39 is 86.4 Å². The van der Waals surface area contributed by atoms with Gasteiger partial charge in [-0.05, 0) is 13.8 Å². The predicted octanol–water partition coefficient (Wildman–Crippen LogP) is -2.54. The van der Waals surface area contributed by atoms with Gasteiger partial charge >= 0.3 is 19.2 Å². The van der Waals surface area contributed by atoms with E-state index in [0.29, 0.717) is 0 Å². The number of nitrogens with two attached hydrogens (primary N) is 1. The Kier molecular flexibility index (Phi) is 8.55. The molecule has 2 fully saturated rings. The van der Waals surface area contributed by atoms with E-state index >= 15 is 0 Å². The molecule has 0 bridgehead atoms. The van der Waals surface area contributed by atoms with Gasteiger partial charge in [0.15, 0.2) is 0 Å². The zero-order chi connectivity index (χ0) is 28.6. The Morgan fingerprint density at radius 3 is 2.13 bits per heavy atom. The maximum atomic E-state index is 12.7. The van der Waals surface area contributed by atoms with E-state index in [1.165, 1.54) is 26.2 Å². The Balaban J connectivity index is 1.37. The minimum atomic E-state index is -4.80. The Bertz CT molecular complexity index is 1480. The number of aliphatic hydroxyl groups is 2. The molecule has 0 saturated carbocycles. The van der Waals surface area contributed by atoms with E-state index in [1.54, 1.807) is 0 Å². The first-order valence-corrected chi connectivity index (χ1v) is 13.4. The van der Waals surface area contributed by atoms with Crippen LogP contribution in [0.3, 0.4) is 0 Å². The van der Waals surface area contributed by atoms with Crippen LogP contribution in [0.5, 0.6) is 0 Å². The van der Waals surface area contributed by atoms with Crippen LogP contribution in [-0.4, -0.2) is 77.9 Å². The molecule has 2 saturated heterocycles. The van der Waals surface area contributed by atoms with Gasteiger partial charge in [0.2, 0.25) is 0 Å². The summed E-state index contributed by atoms with van der Waals surface area (Å²) in [5.74, 6) is 0. The van der Waals surface area contributed by atoms with Crippen LogP contribution in [0.4, 0.5) is 0 Å². The molecule has 2 aliphatic heterocycles. The smallest absolute Gasteiger partial charge is 0.394 e. The third-order valence-electron chi connectivity index (χ3n) is 6.53. The summed E-state index contributed by atoms with van der Waals surface area (Å²) in [6, 6.07) is -1.13. The molecule has 0 radical (unpaired) electrons. The molecular formula is C21H30N5O12P. The van der Waals surface area contributed by atoms with E-state index in [0.717, 1.165) is 9.13 Å². The van der Waals surface area contributed by atoms with Gasteiger partial charge in [-0.2, -0.15) is 0 Å². The van der Waals surface area contributed by atoms with Crippen molar-refractivity contribution in [1.29, 1.82) is 0 Å². The minimum Gasteiger partial charge on any atom is -0.394 e. The van der Waals surface area contributed by atoms with Gasteiger partial charge in [0.05, 0.1) is 25.4 Å². The second kappa shape index (κ2) is 11.4. The van der Waals surface area contributed by atoms with Crippen molar-refractivity contribution in [3.63, 3.8) is 0 Å². The van der Waals surface area contributed by atoms with E-state index in [-0.39, 0.29) is 24.0 Å². The highest BCUT2D eigenvalue weighted by molar-refractivity contribution is 7.47. The lowest BCUT2D eigenvalue weighted by Gasteiger charge is -2.24. The molecule has 2 aromatic heterocycles. The van der Waals surface area contributed by atoms with Crippen molar-refractivity contribution in [2.45, 2.75) is 69.6 Å². The Morgan fingerprint density at radius 2 is 1.59 bits per heavy atom. The second-order valence-electron chi connectivity index (χ2n) is 9.44. The van der Waals surface area contributed by atoms with Gasteiger partial charge in [0.25, 0.3) is 11.1 Å². The largest absolute Gasteiger partial charge is 0.472 e. The molecule has 17 nitrogen and oxygen atoms in total. The molecule has 4 heterocycles. The number of aromatic amines is 2. The maximum Gasteiger partial charge on any atom is 0.472 e. The van der Waals surface area contributed by atoms with Crippen LogP contribution < -0.4 is 28.2 Å². The number of aliphatic hydroxyl groups excluding tert-OH is 2. The fourth-order valence-electron chi connectivity index (χ4n) is 4.46. The Morgan fingerprint density at radius 1 is 1.05 bits per heavy atom. The van der Waals surface area contributed by atoms with Crippen molar-refractivity contribution >= 4 is 7.82 Å². The monoisotopic (exact) mass is 575 g/mol. The summed E-state index contributed by atoms with van der Waals surface area (Å²) in [5.41, 5.74) is 3.88. The fourth-order valence-corrected chi connectivity index (χ4v) is 5.44. The fraction of sp³-hybridized carbons (Fsp3) is 0.619. The molecular weight excluding hydrogens is 545 g/mol. The van der Waals surface area contributed by atoms with E-state index in [4.69, 9.17) is 24.3 Å². The minimum absolute atomic E-state index is 0.0420. The lowest BCUT2D eigenvalue weighted by atomic mass is 10.1. The summed E-state index contributed by atoms with van der Waals surface area (Å²) in [7, 11) is -4.80. The SMILES string of the molecule is Cc1cn([C@H]2C[C@H](O)[C@@H]([C@H](N)COP(=O)(O)O[C@H]3C[C@H](n4cc(C)c(=O)[nH]c4=O)O[C@@H]3CO)O2)c(=O)[nH]c1=O. The van der Waals surface area contributed by atoms with Gasteiger partial charge in [-0.15, -0.1) is 0 Å². The first-order valence-electron chi connectivity index (χ1n) is 11.9. The lowest BCUT2D eigenvalue weighted by molar-refractivity contribution is -0.0509. The standard InChI is InChI=1S/C21H30N5O12P/c1-9-5-25(20(31)23-18(9)29)15-3-12(28)17(37-15)11(22)8-35-39(33,34)38-13-4-16(36-14(13)7-27)26-6-10(2)19(30)24-21(26)32/h5-6,11-17,27-28H,3-4,7-8,22H2,1-2H3,(H,33,34)(H,23,29,31)(H,24,30,32)/t11-,12+,13+,14-,15-,16-,17-/m1/s1. The van der Waals surface area contributed by atoms with Crippen molar-refractivity contribution in [2.75, 3.05) is 13.2 Å².